The summed E-state index contributed by atoms with van der Waals surface area (Å²) < 4.78 is 14.6. The van der Waals surface area contributed by atoms with Gasteiger partial charge in [0.25, 0.3) is 0 Å². The number of nitrogens with one attached hydrogen (secondary N) is 1. The predicted octanol–water partition coefficient (Wildman–Crippen LogP) is 2.90. The molecule has 2 atom stereocenters. The monoisotopic (exact) mass is 305 g/mol. The second kappa shape index (κ2) is 7.03. The van der Waals surface area contributed by atoms with Gasteiger partial charge in [-0.05, 0) is 37.1 Å². The second-order valence-electron chi connectivity index (χ2n) is 6.04. The number of rotatable bonds is 7. The number of hydrogen-bond donors (Lipinski definition) is 2. The maximum Gasteiger partial charge on any atom is 0.123 e. The van der Waals surface area contributed by atoms with E-state index in [-0.39, 0.29) is 11.7 Å². The first-order valence-corrected chi connectivity index (χ1v) is 7.65. The quantitative estimate of drug-likeness (QED) is 0.827. The van der Waals surface area contributed by atoms with Crippen molar-refractivity contribution in [3.05, 3.63) is 48.0 Å². The van der Waals surface area contributed by atoms with Gasteiger partial charge in [-0.15, -0.1) is 0 Å². The highest BCUT2D eigenvalue weighted by atomic mass is 19.1. The number of nitrogens with zero attached hydrogens (tertiary/aromatic N) is 2. The molecule has 5 heteroatoms. The van der Waals surface area contributed by atoms with Crippen LogP contribution in [-0.4, -0.2) is 27.0 Å². The van der Waals surface area contributed by atoms with Crippen LogP contribution in [0.2, 0.25) is 0 Å². The molecule has 0 saturated heterocycles. The summed E-state index contributed by atoms with van der Waals surface area (Å²) in [5, 5.41) is 17.9. The van der Waals surface area contributed by atoms with E-state index in [0.29, 0.717) is 13.1 Å². The van der Waals surface area contributed by atoms with Gasteiger partial charge < -0.3 is 10.4 Å². The molecule has 4 nitrogen and oxygen atoms in total. The van der Waals surface area contributed by atoms with Crippen molar-refractivity contribution in [2.75, 3.05) is 6.54 Å². The van der Waals surface area contributed by atoms with Gasteiger partial charge in [0, 0.05) is 24.8 Å². The van der Waals surface area contributed by atoms with Crippen molar-refractivity contribution >= 4 is 0 Å². The lowest BCUT2D eigenvalue weighted by Gasteiger charge is -2.29. The van der Waals surface area contributed by atoms with E-state index in [1.807, 2.05) is 20.0 Å². The Labute approximate surface area is 131 Å². The summed E-state index contributed by atoms with van der Waals surface area (Å²) in [6, 6.07) is 6.21. The Morgan fingerprint density at radius 2 is 2.05 bits per heavy atom. The van der Waals surface area contributed by atoms with Crippen molar-refractivity contribution in [1.82, 2.24) is 15.1 Å². The molecule has 0 saturated carbocycles. The van der Waals surface area contributed by atoms with Crippen molar-refractivity contribution in [3.8, 4) is 5.69 Å². The molecule has 2 rings (SSSR count). The van der Waals surface area contributed by atoms with Gasteiger partial charge >= 0.3 is 0 Å². The van der Waals surface area contributed by atoms with Gasteiger partial charge in [0.2, 0.25) is 0 Å². The highest BCUT2D eigenvalue weighted by Crippen LogP contribution is 2.19. The zero-order valence-corrected chi connectivity index (χ0v) is 13.4. The Morgan fingerprint density at radius 1 is 1.36 bits per heavy atom. The van der Waals surface area contributed by atoms with E-state index in [4.69, 9.17) is 0 Å². The number of aromatic nitrogens is 2. The first-order chi connectivity index (χ1) is 10.4. The van der Waals surface area contributed by atoms with E-state index >= 15 is 0 Å². The van der Waals surface area contributed by atoms with E-state index in [1.54, 1.807) is 23.0 Å². The molecule has 0 radical (unpaired) electrons. The summed E-state index contributed by atoms with van der Waals surface area (Å²) in [7, 11) is 0. The van der Waals surface area contributed by atoms with Crippen LogP contribution in [0.4, 0.5) is 4.39 Å². The zero-order valence-electron chi connectivity index (χ0n) is 13.4. The zero-order chi connectivity index (χ0) is 16.2. The Balaban J connectivity index is 1.91. The van der Waals surface area contributed by atoms with Crippen LogP contribution in [0.5, 0.6) is 0 Å². The molecule has 2 N–H and O–H groups in total. The summed E-state index contributed by atoms with van der Waals surface area (Å²) >= 11 is 0. The number of aliphatic hydroxyl groups is 1. The Morgan fingerprint density at radius 3 is 2.68 bits per heavy atom. The van der Waals surface area contributed by atoms with Crippen molar-refractivity contribution < 1.29 is 9.50 Å². The molecule has 0 fully saturated rings. The summed E-state index contributed by atoms with van der Waals surface area (Å²) in [6.07, 6.45) is 4.61. The third kappa shape index (κ3) is 4.15. The lowest BCUT2D eigenvalue weighted by molar-refractivity contribution is 0.00535. The summed E-state index contributed by atoms with van der Waals surface area (Å²) in [4.78, 5) is 0. The molecule has 1 aromatic heterocycles. The molecule has 0 spiro atoms. The van der Waals surface area contributed by atoms with Gasteiger partial charge in [0.05, 0.1) is 17.5 Å². The van der Waals surface area contributed by atoms with E-state index in [9.17, 15) is 9.50 Å². The third-order valence-corrected chi connectivity index (χ3v) is 4.21. The fourth-order valence-electron chi connectivity index (χ4n) is 2.26. The first kappa shape index (κ1) is 16.6. The minimum atomic E-state index is -0.721. The van der Waals surface area contributed by atoms with Gasteiger partial charge in [-0.2, -0.15) is 5.10 Å². The summed E-state index contributed by atoms with van der Waals surface area (Å²) in [5.74, 6) is -0.0213. The number of halogens is 1. The van der Waals surface area contributed by atoms with Crippen LogP contribution in [-0.2, 0) is 6.54 Å². The van der Waals surface area contributed by atoms with Gasteiger partial charge in [-0.1, -0.05) is 20.3 Å². The van der Waals surface area contributed by atoms with E-state index < -0.39 is 5.60 Å². The van der Waals surface area contributed by atoms with Gasteiger partial charge in [0.15, 0.2) is 0 Å². The highest BCUT2D eigenvalue weighted by molar-refractivity contribution is 5.31. The largest absolute Gasteiger partial charge is 0.389 e. The van der Waals surface area contributed by atoms with E-state index in [2.05, 4.69) is 17.3 Å². The third-order valence-electron chi connectivity index (χ3n) is 4.21. The van der Waals surface area contributed by atoms with Crippen LogP contribution in [0.25, 0.3) is 5.69 Å². The summed E-state index contributed by atoms with van der Waals surface area (Å²) in [6.45, 7) is 7.15. The molecular formula is C17H24FN3O. The molecule has 0 bridgehead atoms. The molecule has 2 unspecified atom stereocenters. The Hall–Kier alpha value is -1.72. The number of hydrogen-bond acceptors (Lipinski definition) is 3. The lowest BCUT2D eigenvalue weighted by Crippen LogP contribution is -2.42. The maximum absolute atomic E-state index is 12.9. The van der Waals surface area contributed by atoms with Crippen molar-refractivity contribution in [1.29, 1.82) is 0 Å². The Bertz CT molecular complexity index is 592. The first-order valence-electron chi connectivity index (χ1n) is 7.65. The average molecular weight is 305 g/mol. The van der Waals surface area contributed by atoms with Crippen LogP contribution >= 0.6 is 0 Å². The maximum atomic E-state index is 12.9. The highest BCUT2D eigenvalue weighted by Gasteiger charge is 2.26. The predicted molar refractivity (Wildman–Crippen MR) is 85.3 cm³/mol. The van der Waals surface area contributed by atoms with E-state index in [1.165, 1.54) is 12.1 Å². The topological polar surface area (TPSA) is 50.1 Å². The molecule has 0 amide bonds. The van der Waals surface area contributed by atoms with Gasteiger partial charge in [0.1, 0.15) is 5.82 Å². The Kier molecular flexibility index (Phi) is 5.32. The molecule has 22 heavy (non-hydrogen) atoms. The minimum absolute atomic E-state index is 0.238. The molecule has 1 heterocycles. The molecule has 120 valence electrons. The van der Waals surface area contributed by atoms with Crippen LogP contribution in [0.3, 0.4) is 0 Å². The molecule has 0 aliphatic heterocycles. The average Bonchev–Trinajstić information content (AvgIpc) is 2.95. The van der Waals surface area contributed by atoms with Crippen LogP contribution in [0.1, 0.15) is 32.8 Å². The van der Waals surface area contributed by atoms with Crippen molar-refractivity contribution in [2.24, 2.45) is 5.92 Å². The second-order valence-corrected chi connectivity index (χ2v) is 6.04. The number of benzene rings is 1. The SMILES string of the molecule is CCC(C)C(C)(O)CNCc1cnn(-c2ccc(F)cc2)c1. The summed E-state index contributed by atoms with van der Waals surface area (Å²) in [5.41, 5.74) is 1.12. The lowest BCUT2D eigenvalue weighted by atomic mass is 9.88. The van der Waals surface area contributed by atoms with Crippen LogP contribution < -0.4 is 5.32 Å². The molecule has 0 aliphatic rings. The minimum Gasteiger partial charge on any atom is -0.389 e. The van der Waals surface area contributed by atoms with Crippen LogP contribution in [0.15, 0.2) is 36.7 Å². The van der Waals surface area contributed by atoms with Crippen molar-refractivity contribution in [2.45, 2.75) is 39.3 Å². The normalized spacial score (nSPS) is 15.5. The standard InChI is InChI=1S/C17H24FN3O/c1-4-13(2)17(3,22)12-19-9-14-10-20-21(11-14)16-7-5-15(18)6-8-16/h5-8,10-11,13,19,22H,4,9,12H2,1-3H3. The van der Waals surface area contributed by atoms with Gasteiger partial charge in [-0.25, -0.2) is 9.07 Å². The fraction of sp³-hybridized carbons (Fsp3) is 0.471. The van der Waals surface area contributed by atoms with E-state index in [0.717, 1.165) is 17.7 Å². The van der Waals surface area contributed by atoms with Crippen molar-refractivity contribution in [3.63, 3.8) is 0 Å². The molecule has 2 aromatic rings. The molecular weight excluding hydrogens is 281 g/mol. The smallest absolute Gasteiger partial charge is 0.123 e. The fourth-order valence-corrected chi connectivity index (χ4v) is 2.26. The molecule has 0 aliphatic carbocycles. The van der Waals surface area contributed by atoms with Crippen LogP contribution in [0, 0.1) is 11.7 Å². The molecule has 1 aromatic carbocycles. The van der Waals surface area contributed by atoms with Gasteiger partial charge in [-0.3, -0.25) is 0 Å².